The van der Waals surface area contributed by atoms with Gasteiger partial charge in [0.25, 0.3) is 5.91 Å². The number of rotatable bonds is 5. The Morgan fingerprint density at radius 2 is 2.17 bits per heavy atom. The quantitative estimate of drug-likeness (QED) is 0.901. The third-order valence-corrected chi connectivity index (χ3v) is 5.12. The third-order valence-electron chi connectivity index (χ3n) is 4.17. The molecule has 0 radical (unpaired) electrons. The van der Waals surface area contributed by atoms with E-state index in [0.29, 0.717) is 0 Å². The average molecular weight is 347 g/mol. The van der Waals surface area contributed by atoms with Crippen LogP contribution >= 0.6 is 11.3 Å². The molecule has 24 heavy (non-hydrogen) atoms. The van der Waals surface area contributed by atoms with Gasteiger partial charge >= 0.3 is 0 Å². The fourth-order valence-electron chi connectivity index (χ4n) is 2.99. The van der Waals surface area contributed by atoms with Gasteiger partial charge in [-0.25, -0.2) is 4.98 Å². The summed E-state index contributed by atoms with van der Waals surface area (Å²) in [5, 5.41) is 5.30. The highest BCUT2D eigenvalue weighted by Gasteiger charge is 2.29. The summed E-state index contributed by atoms with van der Waals surface area (Å²) in [6.45, 7) is 1.86. The molecule has 0 unspecified atom stereocenters. The lowest BCUT2D eigenvalue weighted by molar-refractivity contribution is -0.118. The minimum Gasteiger partial charge on any atom is -0.459 e. The van der Waals surface area contributed by atoms with Gasteiger partial charge in [-0.15, -0.1) is 11.3 Å². The highest BCUT2D eigenvalue weighted by molar-refractivity contribution is 7.14. The number of nitrogens with one attached hydrogen (secondary N) is 1. The van der Waals surface area contributed by atoms with Gasteiger partial charge in [-0.05, 0) is 31.9 Å². The molecule has 1 aliphatic rings. The lowest BCUT2D eigenvalue weighted by Gasteiger charge is -2.32. The van der Waals surface area contributed by atoms with Crippen LogP contribution in [0.3, 0.4) is 0 Å². The number of carbonyl (C=O) groups is 2. The van der Waals surface area contributed by atoms with E-state index in [9.17, 15) is 9.59 Å². The Morgan fingerprint density at radius 1 is 1.38 bits per heavy atom. The molecule has 1 fully saturated rings. The summed E-state index contributed by atoms with van der Waals surface area (Å²) in [6.07, 6.45) is 6.86. The summed E-state index contributed by atoms with van der Waals surface area (Å²) in [6, 6.07) is 3.38. The van der Waals surface area contributed by atoms with Crippen molar-refractivity contribution in [3.8, 4) is 0 Å². The van der Waals surface area contributed by atoms with E-state index in [1.165, 1.54) is 24.0 Å². The maximum atomic E-state index is 12.8. The van der Waals surface area contributed by atoms with Gasteiger partial charge in [0, 0.05) is 11.4 Å². The number of aromatic nitrogens is 1. The molecule has 1 saturated carbocycles. The van der Waals surface area contributed by atoms with Gasteiger partial charge in [0.1, 0.15) is 0 Å². The van der Waals surface area contributed by atoms with Crippen LogP contribution in [-0.4, -0.2) is 29.4 Å². The van der Waals surface area contributed by atoms with Crippen LogP contribution in [0.15, 0.2) is 28.2 Å². The molecule has 0 aliphatic heterocycles. The number of thiazole rings is 1. The van der Waals surface area contributed by atoms with E-state index in [0.717, 1.165) is 36.5 Å². The largest absolute Gasteiger partial charge is 0.459 e. The number of carbonyl (C=O) groups excluding carboxylic acids is 2. The van der Waals surface area contributed by atoms with Crippen molar-refractivity contribution in [2.75, 3.05) is 11.4 Å². The predicted octanol–water partition coefficient (Wildman–Crippen LogP) is 3.14. The number of aryl methyl sites for hydroxylation is 1. The van der Waals surface area contributed by atoms with Crippen LogP contribution in [0.1, 0.15) is 48.4 Å². The maximum Gasteiger partial charge on any atom is 0.287 e. The van der Waals surface area contributed by atoms with E-state index in [4.69, 9.17) is 4.42 Å². The zero-order valence-corrected chi connectivity index (χ0v) is 14.5. The summed E-state index contributed by atoms with van der Waals surface area (Å²) in [7, 11) is 0. The van der Waals surface area contributed by atoms with Crippen molar-refractivity contribution < 1.29 is 14.0 Å². The summed E-state index contributed by atoms with van der Waals surface area (Å²) >= 11 is 1.47. The van der Waals surface area contributed by atoms with Crippen molar-refractivity contribution in [2.45, 2.75) is 45.1 Å². The number of hydrogen-bond acceptors (Lipinski definition) is 5. The lowest BCUT2D eigenvalue weighted by Crippen LogP contribution is -2.46. The van der Waals surface area contributed by atoms with Crippen molar-refractivity contribution in [2.24, 2.45) is 0 Å². The van der Waals surface area contributed by atoms with Crippen molar-refractivity contribution in [1.82, 2.24) is 10.3 Å². The van der Waals surface area contributed by atoms with E-state index in [-0.39, 0.29) is 30.2 Å². The zero-order chi connectivity index (χ0) is 16.9. The van der Waals surface area contributed by atoms with Gasteiger partial charge in [0.2, 0.25) is 5.91 Å². The molecule has 2 heterocycles. The van der Waals surface area contributed by atoms with Crippen LogP contribution in [0.4, 0.5) is 5.13 Å². The minimum absolute atomic E-state index is 0.0609. The molecule has 7 heteroatoms. The van der Waals surface area contributed by atoms with Crippen LogP contribution in [0.2, 0.25) is 0 Å². The molecule has 0 aromatic carbocycles. The molecular weight excluding hydrogens is 326 g/mol. The molecule has 128 valence electrons. The number of anilines is 1. The molecule has 2 amide bonds. The number of nitrogens with zero attached hydrogens (tertiary/aromatic N) is 2. The normalized spacial score (nSPS) is 15.2. The summed E-state index contributed by atoms with van der Waals surface area (Å²) in [4.78, 5) is 31.0. The molecule has 1 N–H and O–H groups in total. The Labute approximate surface area is 144 Å². The first kappa shape index (κ1) is 16.7. The van der Waals surface area contributed by atoms with Gasteiger partial charge in [-0.3, -0.25) is 14.5 Å². The smallest absolute Gasteiger partial charge is 0.287 e. The molecule has 2 aromatic heterocycles. The molecular formula is C17H21N3O3S. The van der Waals surface area contributed by atoms with E-state index in [1.807, 2.05) is 12.3 Å². The SMILES string of the molecule is Cc1csc(N(C(=O)CNC(=O)c2ccco2)C2CCCCC2)n1. The van der Waals surface area contributed by atoms with Crippen LogP contribution in [0.25, 0.3) is 0 Å². The topological polar surface area (TPSA) is 75.4 Å². The summed E-state index contributed by atoms with van der Waals surface area (Å²) in [5.41, 5.74) is 0.906. The van der Waals surface area contributed by atoms with E-state index in [2.05, 4.69) is 10.3 Å². The molecule has 0 bridgehead atoms. The van der Waals surface area contributed by atoms with E-state index in [1.54, 1.807) is 17.0 Å². The lowest BCUT2D eigenvalue weighted by atomic mass is 9.94. The maximum absolute atomic E-state index is 12.8. The zero-order valence-electron chi connectivity index (χ0n) is 13.7. The van der Waals surface area contributed by atoms with Gasteiger partial charge in [0.15, 0.2) is 10.9 Å². The predicted molar refractivity (Wildman–Crippen MR) is 92.3 cm³/mol. The molecule has 2 aromatic rings. The Kier molecular flexibility index (Phi) is 5.30. The molecule has 3 rings (SSSR count). The van der Waals surface area contributed by atoms with Gasteiger partial charge in [-0.1, -0.05) is 19.3 Å². The Balaban J connectivity index is 1.69. The Morgan fingerprint density at radius 3 is 2.79 bits per heavy atom. The molecule has 1 aliphatic carbocycles. The second kappa shape index (κ2) is 7.61. The van der Waals surface area contributed by atoms with Crippen molar-refractivity contribution in [1.29, 1.82) is 0 Å². The highest BCUT2D eigenvalue weighted by Crippen LogP contribution is 2.29. The van der Waals surface area contributed by atoms with Crippen molar-refractivity contribution in [3.05, 3.63) is 35.2 Å². The van der Waals surface area contributed by atoms with Crippen LogP contribution in [0, 0.1) is 6.92 Å². The first-order valence-corrected chi connectivity index (χ1v) is 9.09. The third kappa shape index (κ3) is 3.84. The molecule has 0 spiro atoms. The number of furan rings is 1. The number of hydrogen-bond donors (Lipinski definition) is 1. The average Bonchev–Trinajstić information content (AvgIpc) is 3.26. The monoisotopic (exact) mass is 347 g/mol. The first-order valence-electron chi connectivity index (χ1n) is 8.21. The second-order valence-corrected chi connectivity index (χ2v) is 6.82. The van der Waals surface area contributed by atoms with E-state index >= 15 is 0 Å². The van der Waals surface area contributed by atoms with Gasteiger partial charge in [-0.2, -0.15) is 0 Å². The van der Waals surface area contributed by atoms with Crippen LogP contribution in [0.5, 0.6) is 0 Å². The minimum atomic E-state index is -0.382. The molecule has 0 atom stereocenters. The second-order valence-electron chi connectivity index (χ2n) is 5.99. The highest BCUT2D eigenvalue weighted by atomic mass is 32.1. The van der Waals surface area contributed by atoms with Crippen LogP contribution in [-0.2, 0) is 4.79 Å². The molecule has 6 nitrogen and oxygen atoms in total. The van der Waals surface area contributed by atoms with Crippen molar-refractivity contribution in [3.63, 3.8) is 0 Å². The summed E-state index contributed by atoms with van der Waals surface area (Å²) < 4.78 is 5.05. The van der Waals surface area contributed by atoms with Gasteiger partial charge in [0.05, 0.1) is 18.5 Å². The van der Waals surface area contributed by atoms with Crippen LogP contribution < -0.4 is 10.2 Å². The number of amides is 2. The fourth-order valence-corrected chi connectivity index (χ4v) is 3.88. The summed E-state index contributed by atoms with van der Waals surface area (Å²) in [5.74, 6) is -0.305. The van der Waals surface area contributed by atoms with Gasteiger partial charge < -0.3 is 9.73 Å². The Bertz CT molecular complexity index is 690. The fraction of sp³-hybridized carbons (Fsp3) is 0.471. The van der Waals surface area contributed by atoms with Crippen molar-refractivity contribution >= 4 is 28.3 Å². The van der Waals surface area contributed by atoms with E-state index < -0.39 is 0 Å². The Hall–Kier alpha value is -2.15. The first-order chi connectivity index (χ1) is 11.6. The standard InChI is InChI=1S/C17H21N3O3S/c1-12-11-24-17(19-12)20(13-6-3-2-4-7-13)15(21)10-18-16(22)14-8-5-9-23-14/h5,8-9,11,13H,2-4,6-7,10H2,1H3,(H,18,22). The molecule has 0 saturated heterocycles.